The van der Waals surface area contributed by atoms with E-state index in [9.17, 15) is 8.42 Å². The fourth-order valence-electron chi connectivity index (χ4n) is 4.94. The number of hydrogen-bond donors (Lipinski definition) is 0. The average Bonchev–Trinajstić information content (AvgIpc) is 2.85. The minimum absolute atomic E-state index is 0.235. The molecular weight excluding hydrogens is 432 g/mol. The van der Waals surface area contributed by atoms with Crippen molar-refractivity contribution >= 4 is 15.9 Å². The molecule has 0 radical (unpaired) electrons. The normalized spacial score (nSPS) is 22.4. The van der Waals surface area contributed by atoms with Crippen molar-refractivity contribution in [3.05, 3.63) is 77.4 Å². The van der Waals surface area contributed by atoms with Crippen LogP contribution in [-0.4, -0.2) is 36.7 Å². The first-order chi connectivity index (χ1) is 15.7. The number of benzene rings is 2. The molecule has 5 nitrogen and oxygen atoms in total. The maximum Gasteiger partial charge on any atom is 0.265 e. The molecule has 33 heavy (non-hydrogen) atoms. The predicted octanol–water partition coefficient (Wildman–Crippen LogP) is 5.51. The van der Waals surface area contributed by atoms with Crippen LogP contribution in [0.1, 0.15) is 51.2 Å². The molecule has 0 amide bonds. The molecule has 2 aromatic rings. The van der Waals surface area contributed by atoms with Crippen LogP contribution in [0.2, 0.25) is 0 Å². The molecule has 2 aromatic carbocycles. The number of sulfonamides is 1. The summed E-state index contributed by atoms with van der Waals surface area (Å²) < 4.78 is 35.1. The van der Waals surface area contributed by atoms with E-state index in [1.54, 1.807) is 16.4 Å². The fraction of sp³-hybridized carbons (Fsp3) is 0.444. The Labute approximate surface area is 198 Å². The van der Waals surface area contributed by atoms with Crippen molar-refractivity contribution in [1.82, 2.24) is 4.31 Å². The molecule has 0 spiro atoms. The van der Waals surface area contributed by atoms with Crippen LogP contribution in [0.15, 0.2) is 76.1 Å². The first-order valence-electron chi connectivity index (χ1n) is 11.7. The third-order valence-corrected chi connectivity index (χ3v) is 8.78. The number of nitrogens with zero attached hydrogens (tertiary/aromatic N) is 2. The second-order valence-electron chi connectivity index (χ2n) is 9.68. The predicted molar refractivity (Wildman–Crippen MR) is 133 cm³/mol. The van der Waals surface area contributed by atoms with Gasteiger partial charge in [0.25, 0.3) is 10.0 Å². The van der Waals surface area contributed by atoms with Gasteiger partial charge >= 0.3 is 0 Å². The lowest BCUT2D eigenvalue weighted by molar-refractivity contribution is 0.121. The molecule has 2 atom stereocenters. The second kappa shape index (κ2) is 9.43. The Morgan fingerprint density at radius 1 is 1.06 bits per heavy atom. The van der Waals surface area contributed by atoms with E-state index in [1.165, 1.54) is 0 Å². The number of allylic oxidation sites excluding steroid dienone is 1. The Morgan fingerprint density at radius 3 is 2.45 bits per heavy atom. The first kappa shape index (κ1) is 23.7. The Hall–Kier alpha value is -2.44. The minimum Gasteiger partial charge on any atom is -0.376 e. The van der Waals surface area contributed by atoms with Gasteiger partial charge in [0.05, 0.1) is 29.7 Å². The van der Waals surface area contributed by atoms with Gasteiger partial charge in [-0.05, 0) is 76.1 Å². The van der Waals surface area contributed by atoms with E-state index >= 15 is 0 Å². The van der Waals surface area contributed by atoms with Crippen molar-refractivity contribution in [3.8, 4) is 0 Å². The molecule has 176 valence electrons. The van der Waals surface area contributed by atoms with E-state index in [0.29, 0.717) is 36.3 Å². The summed E-state index contributed by atoms with van der Waals surface area (Å²) in [5.41, 5.74) is 2.98. The molecule has 1 heterocycles. The van der Waals surface area contributed by atoms with Crippen molar-refractivity contribution in [3.63, 3.8) is 0 Å². The zero-order chi connectivity index (χ0) is 23.6. The molecule has 0 saturated heterocycles. The van der Waals surface area contributed by atoms with Gasteiger partial charge in [-0.15, -0.1) is 0 Å². The number of hydrogen-bond acceptors (Lipinski definition) is 4. The summed E-state index contributed by atoms with van der Waals surface area (Å²) >= 11 is 0. The van der Waals surface area contributed by atoms with Gasteiger partial charge < -0.3 is 4.74 Å². The molecule has 2 bridgehead atoms. The Bertz CT molecular complexity index is 1140. The molecule has 0 saturated carbocycles. The molecule has 0 aromatic heterocycles. The molecule has 0 unspecified atom stereocenters. The van der Waals surface area contributed by atoms with Gasteiger partial charge in [0.1, 0.15) is 5.84 Å². The maximum absolute atomic E-state index is 13.8. The standard InChI is InChI=1S/C27H34N2O3S/c1-20-10-14-25(15-11-20)33(30,31)29-21(2)28-27(3,4)24-13-12-23(26(29)18-24)16-17-32-19-22-8-6-5-7-9-22/h5-12,14-15,24,26H,13,16-19H2,1-4H3/t24-,26-/m0/s1. The zero-order valence-corrected chi connectivity index (χ0v) is 20.8. The van der Waals surface area contributed by atoms with Crippen LogP contribution in [0.4, 0.5) is 0 Å². The van der Waals surface area contributed by atoms with Crippen LogP contribution < -0.4 is 0 Å². The van der Waals surface area contributed by atoms with Crippen LogP contribution in [0, 0.1) is 12.8 Å². The van der Waals surface area contributed by atoms with E-state index in [4.69, 9.17) is 9.73 Å². The van der Waals surface area contributed by atoms with Crippen LogP contribution in [0.25, 0.3) is 0 Å². The van der Waals surface area contributed by atoms with Crippen molar-refractivity contribution in [1.29, 1.82) is 0 Å². The van der Waals surface area contributed by atoms with Gasteiger partial charge in [-0.1, -0.05) is 54.1 Å². The van der Waals surface area contributed by atoms with Crippen LogP contribution in [0.5, 0.6) is 0 Å². The highest BCUT2D eigenvalue weighted by molar-refractivity contribution is 7.89. The number of amidine groups is 1. The van der Waals surface area contributed by atoms with Crippen LogP contribution >= 0.6 is 0 Å². The highest BCUT2D eigenvalue weighted by Crippen LogP contribution is 2.42. The largest absolute Gasteiger partial charge is 0.376 e. The molecule has 0 fully saturated rings. The maximum atomic E-state index is 13.8. The average molecular weight is 467 g/mol. The quantitative estimate of drug-likeness (QED) is 0.399. The molecule has 2 aliphatic rings. The second-order valence-corrected chi connectivity index (χ2v) is 11.5. The molecular formula is C27H34N2O3S. The molecule has 1 aliphatic heterocycles. The third kappa shape index (κ3) is 5.07. The summed E-state index contributed by atoms with van der Waals surface area (Å²) in [6.45, 7) is 9.13. The summed E-state index contributed by atoms with van der Waals surface area (Å²) in [5, 5.41) is 0. The van der Waals surface area contributed by atoms with Gasteiger partial charge in [-0.25, -0.2) is 12.7 Å². The summed E-state index contributed by atoms with van der Waals surface area (Å²) in [5.74, 6) is 0.857. The van der Waals surface area contributed by atoms with Crippen LogP contribution in [-0.2, 0) is 21.4 Å². The van der Waals surface area contributed by atoms with E-state index in [1.807, 2.05) is 56.3 Å². The number of aliphatic imine (C=N–C) groups is 1. The smallest absolute Gasteiger partial charge is 0.265 e. The Morgan fingerprint density at radius 2 is 1.76 bits per heavy atom. The van der Waals surface area contributed by atoms with E-state index < -0.39 is 10.0 Å². The highest BCUT2D eigenvalue weighted by Gasteiger charge is 2.44. The molecule has 1 aliphatic carbocycles. The molecule has 4 rings (SSSR count). The highest BCUT2D eigenvalue weighted by atomic mass is 32.2. The number of fused-ring (bicyclic) bond motifs is 2. The Kier molecular flexibility index (Phi) is 6.78. The Balaban J connectivity index is 1.60. The minimum atomic E-state index is -3.74. The van der Waals surface area contributed by atoms with Gasteiger partial charge in [-0.2, -0.15) is 0 Å². The van der Waals surface area contributed by atoms with E-state index in [-0.39, 0.29) is 11.6 Å². The first-order valence-corrected chi connectivity index (χ1v) is 13.1. The van der Waals surface area contributed by atoms with Gasteiger partial charge in [0, 0.05) is 0 Å². The SMILES string of the molecule is CC1=NC(C)(C)[C@H]2CC=C(CCOCc3ccccc3)[C@H](C2)N1S(=O)(=O)c1ccc(C)cc1. The zero-order valence-electron chi connectivity index (χ0n) is 20.0. The lowest BCUT2D eigenvalue weighted by Crippen LogP contribution is -2.45. The van der Waals surface area contributed by atoms with E-state index in [0.717, 1.165) is 29.5 Å². The molecule has 6 heteroatoms. The monoisotopic (exact) mass is 466 g/mol. The summed E-state index contributed by atoms with van der Waals surface area (Å²) in [6.07, 6.45) is 4.62. The van der Waals surface area contributed by atoms with E-state index in [2.05, 4.69) is 19.9 Å². The molecule has 0 N–H and O–H groups in total. The summed E-state index contributed by atoms with van der Waals surface area (Å²) in [7, 11) is -3.74. The fourth-order valence-corrected chi connectivity index (χ4v) is 6.59. The lowest BCUT2D eigenvalue weighted by atomic mass is 9.75. The van der Waals surface area contributed by atoms with Crippen molar-refractivity contribution < 1.29 is 13.2 Å². The lowest BCUT2D eigenvalue weighted by Gasteiger charge is -2.38. The van der Waals surface area contributed by atoms with Crippen molar-refractivity contribution in [2.45, 2.75) is 70.0 Å². The van der Waals surface area contributed by atoms with Gasteiger partial charge in [0.2, 0.25) is 0 Å². The van der Waals surface area contributed by atoms with Crippen LogP contribution in [0.3, 0.4) is 0 Å². The van der Waals surface area contributed by atoms with Crippen molar-refractivity contribution in [2.24, 2.45) is 10.9 Å². The van der Waals surface area contributed by atoms with Crippen molar-refractivity contribution in [2.75, 3.05) is 6.61 Å². The van der Waals surface area contributed by atoms with Gasteiger partial charge in [-0.3, -0.25) is 4.99 Å². The number of aryl methyl sites for hydroxylation is 1. The van der Waals surface area contributed by atoms with Gasteiger partial charge in [0.15, 0.2) is 0 Å². The number of rotatable bonds is 7. The summed E-state index contributed by atoms with van der Waals surface area (Å²) in [4.78, 5) is 5.22. The number of ether oxygens (including phenoxy) is 1. The topological polar surface area (TPSA) is 59.0 Å². The third-order valence-electron chi connectivity index (χ3n) is 6.88. The summed E-state index contributed by atoms with van der Waals surface area (Å²) in [6, 6.07) is 17.0.